The molecule has 1 fully saturated rings. The van der Waals surface area contributed by atoms with Gasteiger partial charge in [-0.15, -0.1) is 0 Å². The summed E-state index contributed by atoms with van der Waals surface area (Å²) in [6.45, 7) is 3.69. The van der Waals surface area contributed by atoms with Crippen LogP contribution in [-0.4, -0.2) is 48.0 Å². The highest BCUT2D eigenvalue weighted by Gasteiger charge is 2.40. The van der Waals surface area contributed by atoms with Gasteiger partial charge in [0.1, 0.15) is 17.7 Å². The molecule has 0 unspecified atom stereocenters. The number of hydrogen-bond donors (Lipinski definition) is 1. The molecule has 4 heterocycles. The van der Waals surface area contributed by atoms with Crippen molar-refractivity contribution in [2.75, 3.05) is 6.54 Å². The maximum Gasteiger partial charge on any atom is 0.303 e. The number of rotatable bonds is 6. The fourth-order valence-electron chi connectivity index (χ4n) is 6.27. The predicted octanol–water partition coefficient (Wildman–Crippen LogP) is 6.71. The lowest BCUT2D eigenvalue weighted by Gasteiger charge is -2.36. The van der Waals surface area contributed by atoms with E-state index in [1.165, 1.54) is 15.5 Å². The fraction of sp³-hybridized carbons (Fsp3) is 0.265. The van der Waals surface area contributed by atoms with Crippen LogP contribution in [0, 0.1) is 18.7 Å². The molecule has 222 valence electrons. The van der Waals surface area contributed by atoms with E-state index < -0.39 is 23.9 Å². The first-order valence-corrected chi connectivity index (χ1v) is 14.6. The van der Waals surface area contributed by atoms with Gasteiger partial charge in [-0.2, -0.15) is 5.10 Å². The van der Waals surface area contributed by atoms with E-state index in [-0.39, 0.29) is 42.1 Å². The first kappa shape index (κ1) is 27.8. The first-order valence-electron chi connectivity index (χ1n) is 14.6. The van der Waals surface area contributed by atoms with E-state index in [0.717, 1.165) is 23.1 Å². The zero-order valence-electron chi connectivity index (χ0n) is 24.1. The van der Waals surface area contributed by atoms with Gasteiger partial charge in [0.15, 0.2) is 5.65 Å². The van der Waals surface area contributed by atoms with Crippen molar-refractivity contribution in [1.82, 2.24) is 24.5 Å². The minimum absolute atomic E-state index is 0.0152. The molecule has 1 aliphatic heterocycles. The number of aliphatic carboxylic acids is 1. The Balaban J connectivity index is 1.28. The predicted molar refractivity (Wildman–Crippen MR) is 159 cm³/mol. The Morgan fingerprint density at radius 1 is 1.02 bits per heavy atom. The van der Waals surface area contributed by atoms with Crippen LogP contribution in [-0.2, 0) is 4.79 Å². The van der Waals surface area contributed by atoms with Gasteiger partial charge in [0.2, 0.25) is 0 Å². The quantitative estimate of drug-likeness (QED) is 0.235. The number of nitrogens with zero attached hydrogens (tertiary/aromatic N) is 5. The SMILES string of the molecule is Cc1ccc(-c2cc(C(=O)N3C[C@H](F)c4ccccc4[C@H]3C)nc3cc(-c4ccc([C@H]5C[C@@H]5CC(=O)O)cc4F)nn23)nc1. The van der Waals surface area contributed by atoms with E-state index in [1.54, 1.807) is 36.5 Å². The molecule has 1 amide bonds. The van der Waals surface area contributed by atoms with Crippen LogP contribution in [0.1, 0.15) is 70.6 Å². The van der Waals surface area contributed by atoms with Gasteiger partial charge in [-0.1, -0.05) is 36.4 Å². The fourth-order valence-corrected chi connectivity index (χ4v) is 6.27. The number of carbonyl (C=O) groups is 2. The van der Waals surface area contributed by atoms with Crippen molar-refractivity contribution in [1.29, 1.82) is 0 Å². The third kappa shape index (κ3) is 4.90. The molecular formula is C34H29F2N5O3. The van der Waals surface area contributed by atoms with Gasteiger partial charge >= 0.3 is 5.97 Å². The summed E-state index contributed by atoms with van der Waals surface area (Å²) in [6, 6.07) is 18.7. The molecule has 10 heteroatoms. The summed E-state index contributed by atoms with van der Waals surface area (Å²) in [6.07, 6.45) is 1.17. The Morgan fingerprint density at radius 2 is 1.82 bits per heavy atom. The third-order valence-electron chi connectivity index (χ3n) is 8.75. The lowest BCUT2D eigenvalue weighted by Crippen LogP contribution is -2.40. The highest BCUT2D eigenvalue weighted by atomic mass is 19.1. The van der Waals surface area contributed by atoms with Gasteiger partial charge in [0.05, 0.1) is 29.7 Å². The molecule has 8 nitrogen and oxygen atoms in total. The minimum Gasteiger partial charge on any atom is -0.481 e. The maximum atomic E-state index is 15.5. The molecule has 0 radical (unpaired) electrons. The average molecular weight is 594 g/mol. The summed E-state index contributed by atoms with van der Waals surface area (Å²) < 4.78 is 32.2. The van der Waals surface area contributed by atoms with Crippen molar-refractivity contribution >= 4 is 17.5 Å². The van der Waals surface area contributed by atoms with Gasteiger partial charge in [-0.3, -0.25) is 14.6 Å². The van der Waals surface area contributed by atoms with Crippen LogP contribution < -0.4 is 0 Å². The molecule has 5 aromatic rings. The highest BCUT2D eigenvalue weighted by molar-refractivity contribution is 5.94. The normalized spacial score (nSPS) is 20.9. The van der Waals surface area contributed by atoms with E-state index in [0.29, 0.717) is 28.3 Å². The molecule has 7 rings (SSSR count). The molecule has 0 saturated heterocycles. The molecule has 1 saturated carbocycles. The van der Waals surface area contributed by atoms with Gasteiger partial charge in [0, 0.05) is 24.2 Å². The lowest BCUT2D eigenvalue weighted by atomic mass is 9.92. The van der Waals surface area contributed by atoms with Crippen LogP contribution in [0.4, 0.5) is 8.78 Å². The van der Waals surface area contributed by atoms with Crippen LogP contribution >= 0.6 is 0 Å². The van der Waals surface area contributed by atoms with Crippen molar-refractivity contribution in [3.63, 3.8) is 0 Å². The van der Waals surface area contributed by atoms with Crippen LogP contribution in [0.5, 0.6) is 0 Å². The molecule has 4 atom stereocenters. The van der Waals surface area contributed by atoms with Crippen molar-refractivity contribution in [3.05, 3.63) is 107 Å². The van der Waals surface area contributed by atoms with Crippen LogP contribution in [0.2, 0.25) is 0 Å². The number of aromatic nitrogens is 4. The molecule has 1 N–H and O–H groups in total. The average Bonchev–Trinajstić information content (AvgIpc) is 3.63. The van der Waals surface area contributed by atoms with Crippen molar-refractivity contribution in [2.24, 2.45) is 5.92 Å². The van der Waals surface area contributed by atoms with E-state index in [4.69, 9.17) is 5.11 Å². The van der Waals surface area contributed by atoms with Gasteiger partial charge in [-0.05, 0) is 78.6 Å². The Morgan fingerprint density at radius 3 is 2.55 bits per heavy atom. The zero-order chi connectivity index (χ0) is 30.7. The topological polar surface area (TPSA) is 101 Å². The lowest BCUT2D eigenvalue weighted by molar-refractivity contribution is -0.137. The van der Waals surface area contributed by atoms with E-state index in [9.17, 15) is 9.59 Å². The summed E-state index contributed by atoms with van der Waals surface area (Å²) in [4.78, 5) is 35.6. The first-order chi connectivity index (χ1) is 21.2. The number of fused-ring (bicyclic) bond motifs is 2. The minimum atomic E-state index is -1.32. The van der Waals surface area contributed by atoms with Crippen LogP contribution in [0.3, 0.4) is 0 Å². The largest absolute Gasteiger partial charge is 0.481 e. The van der Waals surface area contributed by atoms with E-state index in [2.05, 4.69) is 15.1 Å². The van der Waals surface area contributed by atoms with Crippen molar-refractivity contribution in [3.8, 4) is 22.6 Å². The Bertz CT molecular complexity index is 1940. The number of hydrogen-bond acceptors (Lipinski definition) is 5. The van der Waals surface area contributed by atoms with Gasteiger partial charge in [0.25, 0.3) is 5.91 Å². The highest BCUT2D eigenvalue weighted by Crippen LogP contribution is 2.50. The standard InChI is InChI=1S/C34H29F2N5O3/c1-18-7-10-28(37-16-18)31-14-30(34(44)40-17-27(36)23-6-4-3-5-22(23)19(40)2)38-32-15-29(39-41(31)32)24-9-8-20(12-26(24)35)25-11-21(25)13-33(42)43/h3-10,12,14-16,19,21,25,27H,11,13,17H2,1-2H3,(H,42,43)/t19-,21-,25-,27+/m1/s1. The van der Waals surface area contributed by atoms with Crippen LogP contribution in [0.15, 0.2) is 72.9 Å². The number of aryl methyl sites for hydroxylation is 1. The number of carboxylic acid groups (broad SMARTS) is 1. The number of carbonyl (C=O) groups excluding carboxylic acids is 1. The molecule has 1 aliphatic carbocycles. The zero-order valence-corrected chi connectivity index (χ0v) is 24.1. The Hall–Kier alpha value is -4.99. The Kier molecular flexibility index (Phi) is 6.72. The second-order valence-corrected chi connectivity index (χ2v) is 11.7. The number of pyridine rings is 1. The number of benzene rings is 2. The number of alkyl halides is 1. The molecule has 0 bridgehead atoms. The molecule has 44 heavy (non-hydrogen) atoms. The summed E-state index contributed by atoms with van der Waals surface area (Å²) in [5, 5.41) is 13.7. The summed E-state index contributed by atoms with van der Waals surface area (Å²) in [5.74, 6) is -1.72. The molecule has 0 spiro atoms. The molecule has 2 aliphatic rings. The maximum absolute atomic E-state index is 15.5. The molecular weight excluding hydrogens is 564 g/mol. The van der Waals surface area contributed by atoms with Crippen LogP contribution in [0.25, 0.3) is 28.3 Å². The summed E-state index contributed by atoms with van der Waals surface area (Å²) in [5.41, 5.74) is 5.09. The number of amides is 1. The van der Waals surface area contributed by atoms with E-state index in [1.807, 2.05) is 44.2 Å². The molecule has 2 aromatic carbocycles. The van der Waals surface area contributed by atoms with Crippen molar-refractivity contribution in [2.45, 2.75) is 44.8 Å². The monoisotopic (exact) mass is 593 g/mol. The second kappa shape index (κ2) is 10.6. The summed E-state index contributed by atoms with van der Waals surface area (Å²) >= 11 is 0. The Labute approximate surface area is 252 Å². The number of halogens is 2. The van der Waals surface area contributed by atoms with E-state index >= 15 is 8.78 Å². The van der Waals surface area contributed by atoms with Gasteiger partial charge in [-0.25, -0.2) is 18.3 Å². The van der Waals surface area contributed by atoms with Gasteiger partial charge < -0.3 is 10.0 Å². The van der Waals surface area contributed by atoms with Crippen molar-refractivity contribution < 1.29 is 23.5 Å². The third-order valence-corrected chi connectivity index (χ3v) is 8.75. The number of carboxylic acids is 1. The smallest absolute Gasteiger partial charge is 0.303 e. The summed E-state index contributed by atoms with van der Waals surface area (Å²) in [7, 11) is 0. The second-order valence-electron chi connectivity index (χ2n) is 11.7. The molecule has 3 aromatic heterocycles.